The highest BCUT2D eigenvalue weighted by atomic mass is 35.5. The zero-order valence-corrected chi connectivity index (χ0v) is 18.9. The smallest absolute Gasteiger partial charge is 0.267 e. The van der Waals surface area contributed by atoms with Crippen molar-refractivity contribution in [3.8, 4) is 17.2 Å². The Balaban J connectivity index is 1.64. The standard InChI is InChI=1S/C25H19ClN4OS/c1-2-23-29-30(25(32-23)28-24(31)21-9-5-6-10-22(21)26)16-17-11-13-18(14-12-17)20-8-4-3-7-19(20)15-27/h3-14H,2,16H2,1H3. The lowest BCUT2D eigenvalue weighted by Crippen LogP contribution is -2.19. The maximum Gasteiger partial charge on any atom is 0.281 e. The Bertz CT molecular complexity index is 1380. The van der Waals surface area contributed by atoms with Gasteiger partial charge in [0.15, 0.2) is 0 Å². The highest BCUT2D eigenvalue weighted by molar-refractivity contribution is 7.08. The van der Waals surface area contributed by atoms with E-state index in [1.165, 1.54) is 11.3 Å². The van der Waals surface area contributed by atoms with Gasteiger partial charge in [-0.05, 0) is 41.3 Å². The van der Waals surface area contributed by atoms with Gasteiger partial charge in [-0.25, -0.2) is 4.68 Å². The van der Waals surface area contributed by atoms with E-state index in [1.807, 2.05) is 55.5 Å². The second-order valence-electron chi connectivity index (χ2n) is 7.04. The zero-order chi connectivity index (χ0) is 22.5. The highest BCUT2D eigenvalue weighted by Crippen LogP contribution is 2.23. The summed E-state index contributed by atoms with van der Waals surface area (Å²) in [7, 11) is 0. The van der Waals surface area contributed by atoms with Gasteiger partial charge >= 0.3 is 0 Å². The van der Waals surface area contributed by atoms with E-state index >= 15 is 0 Å². The fourth-order valence-corrected chi connectivity index (χ4v) is 4.31. The quantitative estimate of drug-likeness (QED) is 0.397. The van der Waals surface area contributed by atoms with Gasteiger partial charge in [-0.15, -0.1) is 0 Å². The van der Waals surface area contributed by atoms with Crippen molar-refractivity contribution in [2.75, 3.05) is 0 Å². The average molecular weight is 459 g/mol. The number of carbonyl (C=O) groups excluding carboxylic acids is 1. The number of amides is 1. The van der Waals surface area contributed by atoms with Crippen molar-refractivity contribution in [1.29, 1.82) is 5.26 Å². The summed E-state index contributed by atoms with van der Waals surface area (Å²) in [5.41, 5.74) is 3.90. The number of nitriles is 1. The molecule has 1 aromatic heterocycles. The number of benzene rings is 3. The number of rotatable bonds is 5. The molecule has 7 heteroatoms. The van der Waals surface area contributed by atoms with Crippen molar-refractivity contribution in [1.82, 2.24) is 9.78 Å². The first-order chi connectivity index (χ1) is 15.6. The molecular formula is C25H19ClN4OS. The van der Waals surface area contributed by atoms with Crippen LogP contribution in [0.1, 0.15) is 33.4 Å². The summed E-state index contributed by atoms with van der Waals surface area (Å²) < 4.78 is 1.75. The summed E-state index contributed by atoms with van der Waals surface area (Å²) in [4.78, 5) is 17.5. The highest BCUT2D eigenvalue weighted by Gasteiger charge is 2.11. The van der Waals surface area contributed by atoms with Crippen molar-refractivity contribution in [2.24, 2.45) is 4.99 Å². The minimum absolute atomic E-state index is 0.368. The zero-order valence-electron chi connectivity index (χ0n) is 17.3. The van der Waals surface area contributed by atoms with E-state index in [4.69, 9.17) is 11.6 Å². The molecule has 0 bridgehead atoms. The second kappa shape index (κ2) is 9.73. The fraction of sp³-hybridized carbons (Fsp3) is 0.120. The van der Waals surface area contributed by atoms with Crippen molar-refractivity contribution in [2.45, 2.75) is 19.9 Å². The maximum absolute atomic E-state index is 12.7. The number of hydrogen-bond donors (Lipinski definition) is 0. The van der Waals surface area contributed by atoms with E-state index < -0.39 is 0 Å². The minimum Gasteiger partial charge on any atom is -0.267 e. The molecule has 3 aromatic carbocycles. The molecule has 0 fully saturated rings. The Morgan fingerprint density at radius 2 is 1.81 bits per heavy atom. The SMILES string of the molecule is CCc1nn(Cc2ccc(-c3ccccc3C#N)cc2)c(=NC(=O)c2ccccc2Cl)s1. The normalized spacial score (nSPS) is 11.3. The summed E-state index contributed by atoms with van der Waals surface area (Å²) in [6.07, 6.45) is 0.754. The number of halogens is 1. The minimum atomic E-state index is -0.390. The van der Waals surface area contributed by atoms with Gasteiger partial charge in [-0.2, -0.15) is 15.4 Å². The topological polar surface area (TPSA) is 71.0 Å². The maximum atomic E-state index is 12.7. The lowest BCUT2D eigenvalue weighted by Gasteiger charge is -2.06. The molecule has 1 amide bonds. The number of aromatic nitrogens is 2. The summed E-state index contributed by atoms with van der Waals surface area (Å²) in [6, 6.07) is 24.6. The molecule has 5 nitrogen and oxygen atoms in total. The van der Waals surface area contributed by atoms with Crippen LogP contribution in [0.2, 0.25) is 5.02 Å². The van der Waals surface area contributed by atoms with Crippen LogP contribution in [0.25, 0.3) is 11.1 Å². The third-order valence-electron chi connectivity index (χ3n) is 4.91. The largest absolute Gasteiger partial charge is 0.281 e. The van der Waals surface area contributed by atoms with Gasteiger partial charge in [0.05, 0.1) is 28.8 Å². The van der Waals surface area contributed by atoms with Crippen LogP contribution in [-0.4, -0.2) is 15.7 Å². The molecule has 0 aliphatic carbocycles. The van der Waals surface area contributed by atoms with Crippen LogP contribution in [0.15, 0.2) is 77.8 Å². The van der Waals surface area contributed by atoms with Gasteiger partial charge in [-0.3, -0.25) is 4.79 Å². The summed E-state index contributed by atoms with van der Waals surface area (Å²) in [5.74, 6) is -0.390. The Morgan fingerprint density at radius 1 is 1.09 bits per heavy atom. The third kappa shape index (κ3) is 4.70. The van der Waals surface area contributed by atoms with Crippen molar-refractivity contribution < 1.29 is 4.79 Å². The summed E-state index contributed by atoms with van der Waals surface area (Å²) in [5, 5.41) is 15.2. The molecule has 158 valence electrons. The third-order valence-corrected chi connectivity index (χ3v) is 6.33. The Morgan fingerprint density at radius 3 is 2.53 bits per heavy atom. The lowest BCUT2D eigenvalue weighted by atomic mass is 9.99. The van der Waals surface area contributed by atoms with E-state index in [2.05, 4.69) is 16.2 Å². The molecule has 0 radical (unpaired) electrons. The van der Waals surface area contributed by atoms with Crippen molar-refractivity contribution in [3.05, 3.63) is 104 Å². The number of hydrogen-bond acceptors (Lipinski definition) is 4. The van der Waals surface area contributed by atoms with Crippen molar-refractivity contribution in [3.63, 3.8) is 0 Å². The average Bonchev–Trinajstić information content (AvgIpc) is 3.21. The first-order valence-electron chi connectivity index (χ1n) is 10.1. The molecule has 1 heterocycles. The number of aryl methyl sites for hydroxylation is 1. The molecule has 0 N–H and O–H groups in total. The molecule has 4 aromatic rings. The van der Waals surface area contributed by atoms with E-state index in [0.29, 0.717) is 27.5 Å². The summed E-state index contributed by atoms with van der Waals surface area (Å²) >= 11 is 7.55. The molecule has 0 saturated carbocycles. The van der Waals surface area contributed by atoms with Gasteiger partial charge in [0, 0.05) is 0 Å². The van der Waals surface area contributed by atoms with Gasteiger partial charge in [0.25, 0.3) is 5.91 Å². The first-order valence-corrected chi connectivity index (χ1v) is 11.3. The van der Waals surface area contributed by atoms with E-state index in [0.717, 1.165) is 28.1 Å². The molecule has 0 atom stereocenters. The number of carbonyl (C=O) groups is 1. The predicted molar refractivity (Wildman–Crippen MR) is 127 cm³/mol. The van der Waals surface area contributed by atoms with E-state index in [-0.39, 0.29) is 5.91 Å². The molecule has 32 heavy (non-hydrogen) atoms. The Hall–Kier alpha value is -3.53. The van der Waals surface area contributed by atoms with Crippen LogP contribution in [0.5, 0.6) is 0 Å². The van der Waals surface area contributed by atoms with Gasteiger partial charge in [-0.1, -0.05) is 84.5 Å². The van der Waals surface area contributed by atoms with Crippen LogP contribution in [0.4, 0.5) is 0 Å². The molecule has 4 rings (SSSR count). The molecular weight excluding hydrogens is 440 g/mol. The Kier molecular flexibility index (Phi) is 6.60. The Labute approximate surface area is 194 Å². The van der Waals surface area contributed by atoms with E-state index in [1.54, 1.807) is 28.9 Å². The second-order valence-corrected chi connectivity index (χ2v) is 8.49. The molecule has 0 saturated heterocycles. The van der Waals surface area contributed by atoms with Crippen LogP contribution >= 0.6 is 22.9 Å². The molecule has 0 aliphatic heterocycles. The fourth-order valence-electron chi connectivity index (χ4n) is 3.26. The lowest BCUT2D eigenvalue weighted by molar-refractivity contribution is 0.0997. The summed E-state index contributed by atoms with van der Waals surface area (Å²) in [6.45, 7) is 2.50. The molecule has 0 spiro atoms. The van der Waals surface area contributed by atoms with Crippen LogP contribution < -0.4 is 4.80 Å². The monoisotopic (exact) mass is 458 g/mol. The first kappa shape index (κ1) is 21.7. The van der Waals surface area contributed by atoms with Gasteiger partial charge in [0.2, 0.25) is 4.80 Å². The van der Waals surface area contributed by atoms with Crippen LogP contribution in [-0.2, 0) is 13.0 Å². The number of nitrogens with zero attached hydrogens (tertiary/aromatic N) is 4. The van der Waals surface area contributed by atoms with Gasteiger partial charge in [0.1, 0.15) is 5.01 Å². The molecule has 0 aliphatic rings. The molecule has 0 unspecified atom stereocenters. The van der Waals surface area contributed by atoms with Crippen LogP contribution in [0.3, 0.4) is 0 Å². The van der Waals surface area contributed by atoms with Crippen molar-refractivity contribution >= 4 is 28.8 Å². The van der Waals surface area contributed by atoms with E-state index in [9.17, 15) is 10.1 Å². The van der Waals surface area contributed by atoms with Gasteiger partial charge < -0.3 is 0 Å². The van der Waals surface area contributed by atoms with Crippen LogP contribution in [0, 0.1) is 11.3 Å². The predicted octanol–water partition coefficient (Wildman–Crippen LogP) is 5.49.